The van der Waals surface area contributed by atoms with Crippen LogP contribution in [0.1, 0.15) is 28.8 Å². The summed E-state index contributed by atoms with van der Waals surface area (Å²) in [6.45, 7) is 0.564. The van der Waals surface area contributed by atoms with Gasteiger partial charge < -0.3 is 4.90 Å². The van der Waals surface area contributed by atoms with Crippen LogP contribution >= 0.6 is 0 Å². The average molecular weight is 270 g/mol. The van der Waals surface area contributed by atoms with Gasteiger partial charge in [0, 0.05) is 30.4 Å². The van der Waals surface area contributed by atoms with Gasteiger partial charge in [-0.3, -0.25) is 4.79 Å². The fourth-order valence-electron chi connectivity index (χ4n) is 2.23. The lowest BCUT2D eigenvalue weighted by atomic mass is 10.1. The highest BCUT2D eigenvalue weighted by atomic mass is 19.1. The molecule has 0 radical (unpaired) electrons. The van der Waals surface area contributed by atoms with Crippen molar-refractivity contribution in [3.63, 3.8) is 0 Å². The lowest BCUT2D eigenvalue weighted by Gasteiger charge is -2.22. The smallest absolute Gasteiger partial charge is 0.254 e. The molecule has 1 aliphatic rings. The second-order valence-corrected chi connectivity index (χ2v) is 5.02. The molecule has 1 amide bonds. The Bertz CT molecular complexity index is 611. The predicted molar refractivity (Wildman–Crippen MR) is 73.5 cm³/mol. The van der Waals surface area contributed by atoms with Crippen molar-refractivity contribution in [2.24, 2.45) is 0 Å². The van der Waals surface area contributed by atoms with E-state index in [0.717, 1.165) is 18.4 Å². The number of hydrogen-bond acceptors (Lipinski definition) is 2. The van der Waals surface area contributed by atoms with Crippen LogP contribution in [0.3, 0.4) is 0 Å². The summed E-state index contributed by atoms with van der Waals surface area (Å²) in [7, 11) is 0. The number of halogens is 1. The molecule has 0 saturated heterocycles. The number of nitrogens with zero attached hydrogens (tertiary/aromatic N) is 2. The van der Waals surface area contributed by atoms with Crippen LogP contribution in [0.25, 0.3) is 0 Å². The van der Waals surface area contributed by atoms with Gasteiger partial charge >= 0.3 is 0 Å². The van der Waals surface area contributed by atoms with Gasteiger partial charge in [0.15, 0.2) is 0 Å². The van der Waals surface area contributed by atoms with Crippen molar-refractivity contribution in [1.29, 1.82) is 0 Å². The molecule has 1 saturated carbocycles. The second-order valence-electron chi connectivity index (χ2n) is 5.02. The largest absolute Gasteiger partial charge is 0.331 e. The summed E-state index contributed by atoms with van der Waals surface area (Å²) in [6, 6.07) is 12.9. The van der Waals surface area contributed by atoms with Crippen molar-refractivity contribution >= 4 is 5.91 Å². The summed E-state index contributed by atoms with van der Waals surface area (Å²) in [6.07, 6.45) is 3.37. The first-order valence-corrected chi connectivity index (χ1v) is 6.70. The molecule has 102 valence electrons. The van der Waals surface area contributed by atoms with E-state index in [0.29, 0.717) is 12.1 Å². The summed E-state index contributed by atoms with van der Waals surface area (Å²) in [4.78, 5) is 17.8. The molecule has 2 aromatic rings. The molecule has 1 aromatic heterocycles. The van der Waals surface area contributed by atoms with E-state index >= 15 is 0 Å². The molecule has 4 heteroatoms. The van der Waals surface area contributed by atoms with Gasteiger partial charge in [-0.15, -0.1) is 0 Å². The lowest BCUT2D eigenvalue weighted by Crippen LogP contribution is -2.32. The maximum atomic E-state index is 13.2. The van der Waals surface area contributed by atoms with Crippen LogP contribution in [0.5, 0.6) is 0 Å². The van der Waals surface area contributed by atoms with Gasteiger partial charge in [0.2, 0.25) is 5.95 Å². The molecule has 1 heterocycles. The molecule has 1 aromatic carbocycles. The minimum Gasteiger partial charge on any atom is -0.331 e. The normalized spacial score (nSPS) is 14.1. The minimum absolute atomic E-state index is 0.127. The number of carbonyl (C=O) groups is 1. The van der Waals surface area contributed by atoms with Crippen molar-refractivity contribution in [2.45, 2.75) is 25.4 Å². The van der Waals surface area contributed by atoms with Crippen molar-refractivity contribution in [3.8, 4) is 0 Å². The number of aromatic nitrogens is 1. The molecule has 0 spiro atoms. The molecule has 1 fully saturated rings. The fourth-order valence-corrected chi connectivity index (χ4v) is 2.23. The third kappa shape index (κ3) is 2.85. The highest BCUT2D eigenvalue weighted by Crippen LogP contribution is 2.29. The quantitative estimate of drug-likeness (QED) is 0.800. The Morgan fingerprint density at radius 1 is 1.25 bits per heavy atom. The van der Waals surface area contributed by atoms with Crippen LogP contribution in [0.4, 0.5) is 4.39 Å². The highest BCUT2D eigenvalue weighted by Gasteiger charge is 2.33. The molecular weight excluding hydrogens is 255 g/mol. The molecule has 0 bridgehead atoms. The van der Waals surface area contributed by atoms with Crippen LogP contribution in [-0.2, 0) is 6.54 Å². The number of pyridine rings is 1. The highest BCUT2D eigenvalue weighted by molar-refractivity contribution is 5.94. The van der Waals surface area contributed by atoms with Gasteiger partial charge in [0.05, 0.1) is 0 Å². The van der Waals surface area contributed by atoms with Gasteiger partial charge in [-0.25, -0.2) is 4.98 Å². The SMILES string of the molecule is O=C(c1ccnc(F)c1)N(Cc1ccccc1)C1CC1. The zero-order valence-electron chi connectivity index (χ0n) is 11.0. The van der Waals surface area contributed by atoms with Crippen molar-refractivity contribution in [1.82, 2.24) is 9.88 Å². The Morgan fingerprint density at radius 3 is 2.65 bits per heavy atom. The third-order valence-corrected chi connectivity index (χ3v) is 3.42. The molecule has 3 rings (SSSR count). The number of carbonyl (C=O) groups excluding carboxylic acids is 1. The van der Waals surface area contributed by atoms with Crippen LogP contribution in [0.15, 0.2) is 48.7 Å². The monoisotopic (exact) mass is 270 g/mol. The standard InChI is InChI=1S/C16H15FN2O/c17-15-10-13(8-9-18-15)16(20)19(14-6-7-14)11-12-4-2-1-3-5-12/h1-5,8-10,14H,6-7,11H2. The number of hydrogen-bond donors (Lipinski definition) is 0. The van der Waals surface area contributed by atoms with Gasteiger partial charge in [0.1, 0.15) is 0 Å². The topological polar surface area (TPSA) is 33.2 Å². The van der Waals surface area contributed by atoms with Gasteiger partial charge in [-0.05, 0) is 24.5 Å². The summed E-state index contributed by atoms with van der Waals surface area (Å²) in [5, 5.41) is 0. The molecule has 20 heavy (non-hydrogen) atoms. The van der Waals surface area contributed by atoms with Gasteiger partial charge in [0.25, 0.3) is 5.91 Å². The molecule has 1 aliphatic carbocycles. The molecule has 0 N–H and O–H groups in total. The van der Waals surface area contributed by atoms with Crippen LogP contribution in [0, 0.1) is 5.95 Å². The fraction of sp³-hybridized carbons (Fsp3) is 0.250. The summed E-state index contributed by atoms with van der Waals surface area (Å²) in [5.41, 5.74) is 1.45. The van der Waals surface area contributed by atoms with E-state index in [2.05, 4.69) is 4.98 Å². The van der Waals surface area contributed by atoms with Crippen molar-refractivity contribution in [3.05, 3.63) is 65.7 Å². The first kappa shape index (κ1) is 12.8. The van der Waals surface area contributed by atoms with E-state index in [1.807, 2.05) is 35.2 Å². The predicted octanol–water partition coefficient (Wildman–Crippen LogP) is 3.03. The maximum Gasteiger partial charge on any atom is 0.254 e. The summed E-state index contributed by atoms with van der Waals surface area (Å²) in [5.74, 6) is -0.746. The Balaban J connectivity index is 1.82. The van der Waals surface area contributed by atoms with E-state index in [1.165, 1.54) is 12.3 Å². The minimum atomic E-state index is -0.619. The molecule has 3 nitrogen and oxygen atoms in total. The first-order chi connectivity index (χ1) is 9.74. The Morgan fingerprint density at radius 2 is 2.00 bits per heavy atom. The van der Waals surface area contributed by atoms with Gasteiger partial charge in [-0.2, -0.15) is 4.39 Å². The van der Waals surface area contributed by atoms with E-state index in [-0.39, 0.29) is 11.9 Å². The Hall–Kier alpha value is -2.23. The molecule has 0 atom stereocenters. The lowest BCUT2D eigenvalue weighted by molar-refractivity contribution is 0.0729. The summed E-state index contributed by atoms with van der Waals surface area (Å²) >= 11 is 0. The van der Waals surface area contributed by atoms with E-state index in [9.17, 15) is 9.18 Å². The molecular formula is C16H15FN2O. The molecule has 0 aliphatic heterocycles. The van der Waals surface area contributed by atoms with Crippen LogP contribution in [0.2, 0.25) is 0 Å². The number of benzene rings is 1. The zero-order valence-corrected chi connectivity index (χ0v) is 11.0. The van der Waals surface area contributed by atoms with Gasteiger partial charge in [-0.1, -0.05) is 30.3 Å². The van der Waals surface area contributed by atoms with Crippen molar-refractivity contribution in [2.75, 3.05) is 0 Å². The number of amides is 1. The molecule has 0 unspecified atom stereocenters. The Kier molecular flexibility index (Phi) is 3.46. The maximum absolute atomic E-state index is 13.2. The number of rotatable bonds is 4. The van der Waals surface area contributed by atoms with Crippen LogP contribution < -0.4 is 0 Å². The zero-order chi connectivity index (χ0) is 13.9. The Labute approximate surface area is 117 Å². The average Bonchev–Trinajstić information content (AvgIpc) is 3.30. The second kappa shape index (κ2) is 5.41. The van der Waals surface area contributed by atoms with E-state index in [4.69, 9.17) is 0 Å². The first-order valence-electron chi connectivity index (χ1n) is 6.70. The van der Waals surface area contributed by atoms with E-state index < -0.39 is 5.95 Å². The summed E-state index contributed by atoms with van der Waals surface area (Å²) < 4.78 is 13.2. The van der Waals surface area contributed by atoms with Crippen LogP contribution in [-0.4, -0.2) is 21.8 Å². The van der Waals surface area contributed by atoms with E-state index in [1.54, 1.807) is 6.07 Å². The third-order valence-electron chi connectivity index (χ3n) is 3.42. The van der Waals surface area contributed by atoms with Crippen molar-refractivity contribution < 1.29 is 9.18 Å².